The maximum Gasteiger partial charge on any atom is 0.0547 e. The van der Waals surface area contributed by atoms with Gasteiger partial charge in [-0.2, -0.15) is 0 Å². The molecule has 0 saturated carbocycles. The Bertz CT molecular complexity index is 137. The van der Waals surface area contributed by atoms with Gasteiger partial charge in [0.05, 0.1) is 6.10 Å². The van der Waals surface area contributed by atoms with Gasteiger partial charge in [-0.05, 0) is 39.5 Å². The minimum absolute atomic E-state index is 0.339. The number of hydrogen-bond donors (Lipinski definition) is 1. The van der Waals surface area contributed by atoms with Crippen molar-refractivity contribution in [2.45, 2.75) is 84.3 Å². The topological polar surface area (TPSA) is 35.2 Å². The molecule has 0 amide bonds. The van der Waals surface area contributed by atoms with Crippen LogP contribution in [0.5, 0.6) is 0 Å². The molecule has 0 radical (unpaired) electrons. The van der Waals surface area contributed by atoms with E-state index in [4.69, 9.17) is 10.5 Å². The molecule has 0 aliphatic carbocycles. The van der Waals surface area contributed by atoms with Crippen LogP contribution < -0.4 is 5.73 Å². The summed E-state index contributed by atoms with van der Waals surface area (Å²) < 4.78 is 5.76. The van der Waals surface area contributed by atoms with Gasteiger partial charge in [0.1, 0.15) is 0 Å². The quantitative estimate of drug-likeness (QED) is 0.546. The van der Waals surface area contributed by atoms with Crippen molar-refractivity contribution in [3.8, 4) is 0 Å². The van der Waals surface area contributed by atoms with Gasteiger partial charge in [0.15, 0.2) is 0 Å². The van der Waals surface area contributed by atoms with Crippen LogP contribution in [0.3, 0.4) is 0 Å². The third kappa shape index (κ3) is 12.0. The number of ether oxygens (including phenoxy) is 1. The van der Waals surface area contributed by atoms with Crippen LogP contribution in [0, 0.1) is 0 Å². The summed E-state index contributed by atoms with van der Waals surface area (Å²) in [5.74, 6) is 0. The van der Waals surface area contributed by atoms with E-state index in [-0.39, 0.29) is 0 Å². The molecule has 0 rings (SSSR count). The van der Waals surface area contributed by atoms with Crippen molar-refractivity contribution in [1.29, 1.82) is 0 Å². The largest absolute Gasteiger partial charge is 0.379 e. The summed E-state index contributed by atoms with van der Waals surface area (Å²) >= 11 is 0. The molecule has 0 heterocycles. The van der Waals surface area contributed by atoms with E-state index in [0.29, 0.717) is 12.1 Å². The smallest absolute Gasteiger partial charge is 0.0547 e. The summed E-state index contributed by atoms with van der Waals surface area (Å²) in [5, 5.41) is 0. The van der Waals surface area contributed by atoms with E-state index in [9.17, 15) is 0 Å². The second-order valence-corrected chi connectivity index (χ2v) is 5.00. The fourth-order valence-corrected chi connectivity index (χ4v) is 1.79. The average Bonchev–Trinajstić information content (AvgIpc) is 2.23. The van der Waals surface area contributed by atoms with Crippen molar-refractivity contribution in [2.75, 3.05) is 6.61 Å². The lowest BCUT2D eigenvalue weighted by Gasteiger charge is -2.13. The van der Waals surface area contributed by atoms with Crippen LogP contribution in [-0.4, -0.2) is 18.8 Å². The molecule has 0 aromatic rings. The summed E-state index contributed by atoms with van der Waals surface area (Å²) in [5.41, 5.74) is 5.69. The van der Waals surface area contributed by atoms with Crippen molar-refractivity contribution in [2.24, 2.45) is 5.73 Å². The molecule has 0 saturated heterocycles. The summed E-state index contributed by atoms with van der Waals surface area (Å²) in [6.45, 7) is 7.41. The van der Waals surface area contributed by atoms with Crippen molar-refractivity contribution in [1.82, 2.24) is 0 Å². The van der Waals surface area contributed by atoms with E-state index in [1.165, 1.54) is 38.5 Å². The summed E-state index contributed by atoms with van der Waals surface area (Å²) in [4.78, 5) is 0. The zero-order valence-corrected chi connectivity index (χ0v) is 11.5. The average molecular weight is 229 g/mol. The predicted molar refractivity (Wildman–Crippen MR) is 71.7 cm³/mol. The Hall–Kier alpha value is -0.0800. The van der Waals surface area contributed by atoms with Gasteiger partial charge in [-0.25, -0.2) is 0 Å². The van der Waals surface area contributed by atoms with Crippen LogP contribution in [0.25, 0.3) is 0 Å². The van der Waals surface area contributed by atoms with Crippen molar-refractivity contribution in [3.05, 3.63) is 0 Å². The molecular formula is C14H31NO. The molecule has 0 aromatic carbocycles. The summed E-state index contributed by atoms with van der Waals surface area (Å²) in [6.07, 6.45) is 10.5. The molecule has 16 heavy (non-hydrogen) atoms. The van der Waals surface area contributed by atoms with Crippen LogP contribution in [0.2, 0.25) is 0 Å². The summed E-state index contributed by atoms with van der Waals surface area (Å²) in [7, 11) is 0. The Labute approximate surface area is 102 Å². The zero-order chi connectivity index (χ0) is 12.2. The lowest BCUT2D eigenvalue weighted by atomic mass is 10.1. The third-order valence-corrected chi connectivity index (χ3v) is 2.92. The number of rotatable bonds is 11. The van der Waals surface area contributed by atoms with Crippen LogP contribution in [0.1, 0.15) is 72.1 Å². The maximum atomic E-state index is 5.76. The van der Waals surface area contributed by atoms with Gasteiger partial charge in [-0.15, -0.1) is 0 Å². The van der Waals surface area contributed by atoms with Crippen LogP contribution in [-0.2, 0) is 4.74 Å². The molecule has 0 aliphatic rings. The van der Waals surface area contributed by atoms with E-state index in [0.717, 1.165) is 19.4 Å². The molecular weight excluding hydrogens is 198 g/mol. The van der Waals surface area contributed by atoms with E-state index < -0.39 is 0 Å². The molecule has 0 spiro atoms. The van der Waals surface area contributed by atoms with E-state index in [2.05, 4.69) is 20.8 Å². The molecule has 2 atom stereocenters. The zero-order valence-electron chi connectivity index (χ0n) is 11.5. The third-order valence-electron chi connectivity index (χ3n) is 2.92. The molecule has 2 heteroatoms. The van der Waals surface area contributed by atoms with E-state index in [1.807, 2.05) is 0 Å². The molecule has 0 aromatic heterocycles. The highest BCUT2D eigenvalue weighted by molar-refractivity contribution is 4.54. The Balaban J connectivity index is 3.14. The van der Waals surface area contributed by atoms with Crippen LogP contribution >= 0.6 is 0 Å². The van der Waals surface area contributed by atoms with Gasteiger partial charge in [-0.3, -0.25) is 0 Å². The van der Waals surface area contributed by atoms with Crippen molar-refractivity contribution in [3.63, 3.8) is 0 Å². The van der Waals surface area contributed by atoms with E-state index >= 15 is 0 Å². The number of nitrogens with two attached hydrogens (primary N) is 1. The second-order valence-electron chi connectivity index (χ2n) is 5.00. The monoisotopic (exact) mass is 229 g/mol. The van der Waals surface area contributed by atoms with Gasteiger partial charge in [-0.1, -0.05) is 32.6 Å². The lowest BCUT2D eigenvalue weighted by molar-refractivity contribution is 0.0556. The highest BCUT2D eigenvalue weighted by Crippen LogP contribution is 2.08. The van der Waals surface area contributed by atoms with Gasteiger partial charge < -0.3 is 10.5 Å². The van der Waals surface area contributed by atoms with Crippen LogP contribution in [0.15, 0.2) is 0 Å². The normalized spacial score (nSPS) is 15.0. The minimum Gasteiger partial charge on any atom is -0.379 e. The Morgan fingerprint density at radius 2 is 1.62 bits per heavy atom. The van der Waals surface area contributed by atoms with Crippen molar-refractivity contribution < 1.29 is 4.74 Å². The first-order valence-electron chi connectivity index (χ1n) is 7.04. The molecule has 0 aliphatic heterocycles. The first-order chi connectivity index (χ1) is 7.66. The van der Waals surface area contributed by atoms with Gasteiger partial charge in [0, 0.05) is 12.6 Å². The van der Waals surface area contributed by atoms with E-state index in [1.54, 1.807) is 0 Å². The minimum atomic E-state index is 0.339. The highest BCUT2D eigenvalue weighted by atomic mass is 16.5. The lowest BCUT2D eigenvalue weighted by Crippen LogP contribution is -2.15. The SMILES string of the molecule is CCCCCCC(C)OCCCCC(C)N. The molecule has 2 nitrogen and oxygen atoms in total. The number of hydrogen-bond acceptors (Lipinski definition) is 2. The first-order valence-corrected chi connectivity index (χ1v) is 7.04. The van der Waals surface area contributed by atoms with Crippen LogP contribution in [0.4, 0.5) is 0 Å². The highest BCUT2D eigenvalue weighted by Gasteiger charge is 2.01. The number of unbranched alkanes of at least 4 members (excludes halogenated alkanes) is 4. The molecule has 2 N–H and O–H groups in total. The molecule has 2 unspecified atom stereocenters. The fourth-order valence-electron chi connectivity index (χ4n) is 1.79. The van der Waals surface area contributed by atoms with Gasteiger partial charge in [0.25, 0.3) is 0 Å². The van der Waals surface area contributed by atoms with Gasteiger partial charge >= 0.3 is 0 Å². The molecule has 0 fully saturated rings. The maximum absolute atomic E-state index is 5.76. The Kier molecular flexibility index (Phi) is 11.3. The molecule has 98 valence electrons. The standard InChI is InChI=1S/C14H31NO/c1-4-5-6-7-11-14(3)16-12-9-8-10-13(2)15/h13-14H,4-12,15H2,1-3H3. The Morgan fingerprint density at radius 1 is 0.938 bits per heavy atom. The first kappa shape index (κ1) is 15.9. The predicted octanol–water partition coefficient (Wildman–Crippen LogP) is 3.88. The fraction of sp³-hybridized carbons (Fsp3) is 1.00. The van der Waals surface area contributed by atoms with Gasteiger partial charge in [0.2, 0.25) is 0 Å². The summed E-state index contributed by atoms with van der Waals surface area (Å²) in [6, 6.07) is 0.339. The molecule has 0 bridgehead atoms. The second kappa shape index (κ2) is 11.4. The Morgan fingerprint density at radius 3 is 2.25 bits per heavy atom. The van der Waals surface area contributed by atoms with Crippen molar-refractivity contribution >= 4 is 0 Å².